The number of primary sulfonamides is 1. The number of aromatic nitrogens is 2. The van der Waals surface area contributed by atoms with Gasteiger partial charge in [0.2, 0.25) is 16.0 Å². The maximum absolute atomic E-state index is 11.9. The fourth-order valence-electron chi connectivity index (χ4n) is 2.99. The van der Waals surface area contributed by atoms with Crippen LogP contribution < -0.4 is 25.2 Å². The molecule has 0 bridgehead atoms. The van der Waals surface area contributed by atoms with Crippen molar-refractivity contribution in [2.45, 2.75) is 37.2 Å². The number of benzene rings is 2. The molecule has 1 aromatic heterocycles. The molecule has 0 aliphatic heterocycles. The van der Waals surface area contributed by atoms with Gasteiger partial charge in [-0.1, -0.05) is 18.2 Å². The maximum Gasteiger partial charge on any atom is 0.277 e. The van der Waals surface area contributed by atoms with E-state index in [0.29, 0.717) is 11.5 Å². The van der Waals surface area contributed by atoms with Crippen molar-refractivity contribution in [2.75, 3.05) is 10.6 Å². The highest BCUT2D eigenvalue weighted by Gasteiger charge is 2.26. The van der Waals surface area contributed by atoms with Crippen LogP contribution in [0.2, 0.25) is 0 Å². The summed E-state index contributed by atoms with van der Waals surface area (Å²) in [4.78, 5) is 8.69. The Morgan fingerprint density at radius 1 is 1.00 bits per heavy atom. The molecule has 6 N–H and O–H groups in total. The molecule has 1 saturated carbocycles. The Morgan fingerprint density at radius 2 is 1.74 bits per heavy atom. The molecule has 0 saturated heterocycles. The number of hydrogen-bond donors (Lipinski definition) is 5. The minimum atomic E-state index is -3.83. The minimum absolute atomic E-state index is 0.0198. The fraction of sp³-hybridized carbons (Fsp3) is 0.238. The van der Waals surface area contributed by atoms with Crippen LogP contribution in [0.5, 0.6) is 0 Å². The van der Waals surface area contributed by atoms with E-state index >= 15 is 0 Å². The van der Waals surface area contributed by atoms with Crippen LogP contribution in [-0.2, 0) is 26.8 Å². The molecule has 4 rings (SSSR count). The van der Waals surface area contributed by atoms with E-state index in [2.05, 4.69) is 30.0 Å². The van der Waals surface area contributed by atoms with E-state index in [1.54, 1.807) is 18.3 Å². The Balaban J connectivity index is 1.41. The van der Waals surface area contributed by atoms with Crippen LogP contribution in [0, 0.1) is 6.92 Å². The van der Waals surface area contributed by atoms with E-state index < -0.39 is 20.2 Å². The number of nitrogens with one attached hydrogen (secondary N) is 4. The number of aryl methyl sites for hydroxylation is 1. The highest BCUT2D eigenvalue weighted by atomic mass is 32.2. The van der Waals surface area contributed by atoms with Crippen LogP contribution in [0.4, 0.5) is 23.1 Å². The maximum atomic E-state index is 11.9. The third-order valence-electron chi connectivity index (χ3n) is 4.97. The van der Waals surface area contributed by atoms with Gasteiger partial charge in [-0.3, -0.25) is 0 Å². The zero-order chi connectivity index (χ0) is 24.3. The summed E-state index contributed by atoms with van der Waals surface area (Å²) >= 11 is 0. The lowest BCUT2D eigenvalue weighted by molar-refractivity contribution is 0.565. The minimum Gasteiger partial charge on any atom is -0.340 e. The van der Waals surface area contributed by atoms with Crippen LogP contribution in [-0.4, -0.2) is 32.8 Å². The van der Waals surface area contributed by atoms with Crippen molar-refractivity contribution in [3.05, 3.63) is 65.9 Å². The van der Waals surface area contributed by atoms with Crippen molar-refractivity contribution in [1.29, 1.82) is 0 Å². The molecule has 1 aliphatic carbocycles. The van der Waals surface area contributed by atoms with Gasteiger partial charge >= 0.3 is 0 Å². The van der Waals surface area contributed by atoms with Crippen LogP contribution >= 0.6 is 0 Å². The molecular formula is C21H25N7O4S2. The van der Waals surface area contributed by atoms with Crippen molar-refractivity contribution in [3.63, 3.8) is 0 Å². The number of anilines is 4. The predicted molar refractivity (Wildman–Crippen MR) is 130 cm³/mol. The first-order valence-corrected chi connectivity index (χ1v) is 13.5. The predicted octanol–water partition coefficient (Wildman–Crippen LogP) is 2.01. The highest BCUT2D eigenvalue weighted by Crippen LogP contribution is 2.23. The zero-order valence-corrected chi connectivity index (χ0v) is 19.9. The molecule has 0 radical (unpaired) electrons. The Bertz CT molecular complexity index is 1390. The lowest BCUT2D eigenvalue weighted by atomic mass is 10.2. The number of sulfonamides is 1. The van der Waals surface area contributed by atoms with Gasteiger partial charge in [0.05, 0.1) is 4.90 Å². The Labute approximate surface area is 198 Å². The molecule has 1 heterocycles. The van der Waals surface area contributed by atoms with Gasteiger partial charge in [0.1, 0.15) is 5.82 Å². The Kier molecular flexibility index (Phi) is 6.81. The fourth-order valence-corrected chi connectivity index (χ4v) is 4.67. The van der Waals surface area contributed by atoms with E-state index in [9.17, 15) is 16.8 Å². The van der Waals surface area contributed by atoms with E-state index in [4.69, 9.17) is 5.14 Å². The topological polar surface area (TPSA) is 168 Å². The summed E-state index contributed by atoms with van der Waals surface area (Å²) in [5.74, 6) is 0.830. The monoisotopic (exact) mass is 503 g/mol. The molecule has 1 fully saturated rings. The smallest absolute Gasteiger partial charge is 0.277 e. The van der Waals surface area contributed by atoms with Crippen molar-refractivity contribution < 1.29 is 16.8 Å². The third kappa shape index (κ3) is 6.71. The summed E-state index contributed by atoms with van der Waals surface area (Å²) < 4.78 is 52.1. The molecule has 13 heteroatoms. The summed E-state index contributed by atoms with van der Waals surface area (Å²) in [5.41, 5.74) is 2.84. The van der Waals surface area contributed by atoms with Crippen molar-refractivity contribution in [2.24, 2.45) is 5.14 Å². The van der Waals surface area contributed by atoms with Crippen LogP contribution in [0.3, 0.4) is 0 Å². The van der Waals surface area contributed by atoms with E-state index in [1.165, 1.54) is 12.1 Å². The summed E-state index contributed by atoms with van der Waals surface area (Å²) in [5, 5.41) is 11.4. The SMILES string of the molecule is Cc1cnc(Nc2cccc(S(N)(=O)=O)c2)nc1Nc1ccc(CNS(=O)(=O)NC2CC2)cc1. The van der Waals surface area contributed by atoms with Crippen molar-refractivity contribution in [1.82, 2.24) is 19.4 Å². The summed E-state index contributed by atoms with van der Waals surface area (Å²) in [6.07, 6.45) is 3.39. The van der Waals surface area contributed by atoms with Gasteiger partial charge < -0.3 is 10.6 Å². The lowest BCUT2D eigenvalue weighted by Crippen LogP contribution is -2.37. The molecule has 1 aliphatic rings. The van der Waals surface area contributed by atoms with E-state index in [1.807, 2.05) is 31.2 Å². The molecule has 0 amide bonds. The molecule has 34 heavy (non-hydrogen) atoms. The molecule has 11 nitrogen and oxygen atoms in total. The average Bonchev–Trinajstić information content (AvgIpc) is 3.58. The summed E-state index contributed by atoms with van der Waals surface area (Å²) in [6.45, 7) is 2.03. The highest BCUT2D eigenvalue weighted by molar-refractivity contribution is 7.89. The van der Waals surface area contributed by atoms with E-state index in [0.717, 1.165) is 29.7 Å². The molecule has 0 unspecified atom stereocenters. The third-order valence-corrected chi connectivity index (χ3v) is 7.05. The van der Waals surface area contributed by atoms with Crippen LogP contribution in [0.25, 0.3) is 0 Å². The summed E-state index contributed by atoms with van der Waals surface area (Å²) in [7, 11) is -7.33. The van der Waals surface area contributed by atoms with Crippen LogP contribution in [0.15, 0.2) is 59.6 Å². The van der Waals surface area contributed by atoms with Gasteiger partial charge in [-0.05, 0) is 55.7 Å². The number of nitrogens with zero attached hydrogens (tertiary/aromatic N) is 2. The number of nitrogens with two attached hydrogens (primary N) is 1. The normalized spacial score (nSPS) is 14.1. The average molecular weight is 504 g/mol. The molecule has 0 atom stereocenters. The molecule has 0 spiro atoms. The first-order valence-electron chi connectivity index (χ1n) is 10.4. The number of rotatable bonds is 10. The van der Waals surface area contributed by atoms with Gasteiger partial charge in [-0.2, -0.15) is 22.8 Å². The van der Waals surface area contributed by atoms with Gasteiger partial charge in [-0.15, -0.1) is 0 Å². The standard InChI is InChI=1S/C21H25N7O4S2/c1-14-12-23-21(26-18-3-2-4-19(11-18)33(22,29)30)27-20(14)25-16-7-5-15(6-8-16)13-24-34(31,32)28-17-9-10-17/h2-8,11-12,17,24,28H,9-10,13H2,1H3,(H2,22,29,30)(H2,23,25,26,27). The van der Waals surface area contributed by atoms with Gasteiger partial charge in [0, 0.05) is 35.7 Å². The first-order chi connectivity index (χ1) is 16.1. The van der Waals surface area contributed by atoms with E-state index in [-0.39, 0.29) is 23.4 Å². The molecular weight excluding hydrogens is 478 g/mol. The second kappa shape index (κ2) is 9.64. The Morgan fingerprint density at radius 3 is 2.41 bits per heavy atom. The Hall–Kier alpha value is -3.10. The van der Waals surface area contributed by atoms with Crippen molar-refractivity contribution >= 4 is 43.4 Å². The molecule has 2 aromatic carbocycles. The molecule has 180 valence electrons. The largest absolute Gasteiger partial charge is 0.340 e. The number of hydrogen-bond acceptors (Lipinski definition) is 8. The zero-order valence-electron chi connectivity index (χ0n) is 18.3. The quantitative estimate of drug-likeness (QED) is 0.280. The second-order valence-corrected chi connectivity index (χ2v) is 11.1. The van der Waals surface area contributed by atoms with Crippen LogP contribution in [0.1, 0.15) is 24.0 Å². The second-order valence-electron chi connectivity index (χ2n) is 7.96. The molecule has 3 aromatic rings. The van der Waals surface area contributed by atoms with Gasteiger partial charge in [0.15, 0.2) is 0 Å². The first kappa shape index (κ1) is 24.0. The van der Waals surface area contributed by atoms with Gasteiger partial charge in [0.25, 0.3) is 10.2 Å². The van der Waals surface area contributed by atoms with Crippen molar-refractivity contribution in [3.8, 4) is 0 Å². The van der Waals surface area contributed by atoms with Gasteiger partial charge in [-0.25, -0.2) is 18.5 Å². The summed E-state index contributed by atoms with van der Waals surface area (Å²) in [6, 6.07) is 13.4. The lowest BCUT2D eigenvalue weighted by Gasteiger charge is -2.12.